The van der Waals surface area contributed by atoms with E-state index in [1.807, 2.05) is 12.1 Å². The summed E-state index contributed by atoms with van der Waals surface area (Å²) in [6.45, 7) is 6.44. The van der Waals surface area contributed by atoms with E-state index in [2.05, 4.69) is 32.4 Å². The standard InChI is InChI=1S/C18H30ClN5O.HI/c1-3-20-18(22-10-5-4-6-13-25-2)23-15-9-12-24(14-15)17-16(19)8-7-11-21-17;/h7-8,11,15H,3-6,9-10,12-14H2,1-2H3,(H2,20,22,23);1H. The topological polar surface area (TPSA) is 61.8 Å². The molecule has 1 aliphatic heterocycles. The maximum Gasteiger partial charge on any atom is 0.191 e. The summed E-state index contributed by atoms with van der Waals surface area (Å²) in [5.74, 6) is 1.77. The molecule has 1 aliphatic rings. The van der Waals surface area contributed by atoms with Crippen LogP contribution in [0.4, 0.5) is 5.82 Å². The molecule has 26 heavy (non-hydrogen) atoms. The number of nitrogens with zero attached hydrogens (tertiary/aromatic N) is 3. The van der Waals surface area contributed by atoms with Crippen LogP contribution in [-0.4, -0.2) is 56.9 Å². The Hall–Kier alpha value is -0.800. The van der Waals surface area contributed by atoms with E-state index in [1.54, 1.807) is 13.3 Å². The Bertz CT molecular complexity index is 546. The summed E-state index contributed by atoms with van der Waals surface area (Å²) in [6.07, 6.45) is 6.16. The average Bonchev–Trinajstić information content (AvgIpc) is 3.07. The van der Waals surface area contributed by atoms with Gasteiger partial charge in [0.05, 0.1) is 5.02 Å². The van der Waals surface area contributed by atoms with Gasteiger partial charge in [0.2, 0.25) is 0 Å². The number of guanidine groups is 1. The largest absolute Gasteiger partial charge is 0.385 e. The van der Waals surface area contributed by atoms with Gasteiger partial charge in [-0.2, -0.15) is 0 Å². The van der Waals surface area contributed by atoms with Gasteiger partial charge in [-0.05, 0) is 44.7 Å². The SMILES string of the molecule is CCNC(=NCCCCCOC)NC1CCN(c2ncccc2Cl)C1.I. The molecule has 6 nitrogen and oxygen atoms in total. The highest BCUT2D eigenvalue weighted by Gasteiger charge is 2.25. The first kappa shape index (κ1) is 23.2. The third-order valence-electron chi connectivity index (χ3n) is 4.19. The zero-order valence-electron chi connectivity index (χ0n) is 15.7. The highest BCUT2D eigenvalue weighted by atomic mass is 127. The van der Waals surface area contributed by atoms with Crippen molar-refractivity contribution in [3.8, 4) is 0 Å². The summed E-state index contributed by atoms with van der Waals surface area (Å²) in [5, 5.41) is 7.58. The molecule has 0 radical (unpaired) electrons. The number of rotatable bonds is 9. The van der Waals surface area contributed by atoms with E-state index >= 15 is 0 Å². The monoisotopic (exact) mass is 495 g/mol. The number of unbranched alkanes of at least 4 members (excludes halogenated alkanes) is 2. The number of ether oxygens (including phenoxy) is 1. The number of pyridine rings is 1. The lowest BCUT2D eigenvalue weighted by atomic mass is 10.2. The second kappa shape index (κ2) is 13.4. The van der Waals surface area contributed by atoms with E-state index in [-0.39, 0.29) is 24.0 Å². The highest BCUT2D eigenvalue weighted by molar-refractivity contribution is 14.0. The zero-order chi connectivity index (χ0) is 17.9. The third-order valence-corrected chi connectivity index (χ3v) is 4.48. The molecule has 1 saturated heterocycles. The van der Waals surface area contributed by atoms with Crippen molar-refractivity contribution in [1.29, 1.82) is 0 Å². The molecule has 148 valence electrons. The summed E-state index contributed by atoms with van der Waals surface area (Å²) < 4.78 is 5.07. The van der Waals surface area contributed by atoms with Crippen LogP contribution in [0.5, 0.6) is 0 Å². The number of halogens is 2. The molecule has 2 N–H and O–H groups in total. The van der Waals surface area contributed by atoms with Gasteiger partial charge in [-0.15, -0.1) is 24.0 Å². The van der Waals surface area contributed by atoms with E-state index < -0.39 is 0 Å². The fourth-order valence-corrected chi connectivity index (χ4v) is 3.16. The number of aromatic nitrogens is 1. The van der Waals surface area contributed by atoms with E-state index in [1.165, 1.54) is 0 Å². The molecule has 0 aliphatic carbocycles. The fourth-order valence-electron chi connectivity index (χ4n) is 2.92. The van der Waals surface area contributed by atoms with Gasteiger partial charge >= 0.3 is 0 Å². The summed E-state index contributed by atoms with van der Waals surface area (Å²) in [5.41, 5.74) is 0. The van der Waals surface area contributed by atoms with Crippen LogP contribution in [0.1, 0.15) is 32.6 Å². The normalized spacial score (nSPS) is 17.1. The number of anilines is 1. The molecule has 0 spiro atoms. The lowest BCUT2D eigenvalue weighted by molar-refractivity contribution is 0.192. The second-order valence-corrected chi connectivity index (χ2v) is 6.61. The van der Waals surface area contributed by atoms with Gasteiger partial charge in [0.1, 0.15) is 5.82 Å². The van der Waals surface area contributed by atoms with Crippen molar-refractivity contribution in [2.75, 3.05) is 44.8 Å². The molecule has 1 aromatic heterocycles. The maximum absolute atomic E-state index is 6.26. The number of hydrogen-bond donors (Lipinski definition) is 2. The molecule has 0 aromatic carbocycles. The van der Waals surface area contributed by atoms with Crippen molar-refractivity contribution in [3.05, 3.63) is 23.4 Å². The smallest absolute Gasteiger partial charge is 0.191 e. The van der Waals surface area contributed by atoms with Crippen molar-refractivity contribution >= 4 is 47.4 Å². The molecular formula is C18H31ClIN5O. The van der Waals surface area contributed by atoms with Crippen LogP contribution in [0.25, 0.3) is 0 Å². The lowest BCUT2D eigenvalue weighted by Crippen LogP contribution is -2.44. The maximum atomic E-state index is 6.26. The van der Waals surface area contributed by atoms with Crippen molar-refractivity contribution < 1.29 is 4.74 Å². The van der Waals surface area contributed by atoms with Crippen molar-refractivity contribution in [2.45, 2.75) is 38.6 Å². The lowest BCUT2D eigenvalue weighted by Gasteiger charge is -2.20. The van der Waals surface area contributed by atoms with Crippen LogP contribution in [0.2, 0.25) is 5.02 Å². The number of hydrogen-bond acceptors (Lipinski definition) is 4. The summed E-state index contributed by atoms with van der Waals surface area (Å²) >= 11 is 6.26. The third kappa shape index (κ3) is 7.84. The molecule has 1 aromatic rings. The van der Waals surface area contributed by atoms with Crippen LogP contribution < -0.4 is 15.5 Å². The quantitative estimate of drug-likeness (QED) is 0.238. The Kier molecular flexibility index (Phi) is 12.0. The van der Waals surface area contributed by atoms with E-state index in [9.17, 15) is 0 Å². The molecule has 2 rings (SSSR count). The van der Waals surface area contributed by atoms with Gasteiger partial charge in [-0.1, -0.05) is 11.6 Å². The number of methoxy groups -OCH3 is 1. The minimum atomic E-state index is 0. The summed E-state index contributed by atoms with van der Waals surface area (Å²) in [6, 6.07) is 4.10. The Morgan fingerprint density at radius 3 is 3.00 bits per heavy atom. The predicted octanol–water partition coefficient (Wildman–Crippen LogP) is 3.30. The predicted molar refractivity (Wildman–Crippen MR) is 120 cm³/mol. The first-order valence-electron chi connectivity index (χ1n) is 9.13. The summed E-state index contributed by atoms with van der Waals surface area (Å²) in [4.78, 5) is 11.3. The first-order chi connectivity index (χ1) is 12.2. The highest BCUT2D eigenvalue weighted by Crippen LogP contribution is 2.25. The zero-order valence-corrected chi connectivity index (χ0v) is 18.8. The number of nitrogens with one attached hydrogen (secondary N) is 2. The van der Waals surface area contributed by atoms with Gasteiger partial charge in [-0.3, -0.25) is 4.99 Å². The molecule has 0 saturated carbocycles. The van der Waals surface area contributed by atoms with Gasteiger partial charge in [0.15, 0.2) is 5.96 Å². The molecule has 1 unspecified atom stereocenters. The molecule has 1 fully saturated rings. The minimum absolute atomic E-state index is 0. The van der Waals surface area contributed by atoms with Crippen LogP contribution in [0.15, 0.2) is 23.3 Å². The van der Waals surface area contributed by atoms with Crippen molar-refractivity contribution in [2.24, 2.45) is 4.99 Å². The van der Waals surface area contributed by atoms with Crippen LogP contribution in [-0.2, 0) is 4.74 Å². The second-order valence-electron chi connectivity index (χ2n) is 6.20. The van der Waals surface area contributed by atoms with Crippen LogP contribution in [0.3, 0.4) is 0 Å². The molecular weight excluding hydrogens is 465 g/mol. The molecule has 2 heterocycles. The van der Waals surface area contributed by atoms with Gasteiger partial charge in [0, 0.05) is 52.1 Å². The Labute approximate surface area is 179 Å². The molecule has 8 heteroatoms. The van der Waals surface area contributed by atoms with Crippen LogP contribution >= 0.6 is 35.6 Å². The molecule has 1 atom stereocenters. The van der Waals surface area contributed by atoms with Crippen molar-refractivity contribution in [3.63, 3.8) is 0 Å². The van der Waals surface area contributed by atoms with E-state index in [4.69, 9.17) is 16.3 Å². The van der Waals surface area contributed by atoms with Crippen molar-refractivity contribution in [1.82, 2.24) is 15.6 Å². The van der Waals surface area contributed by atoms with Gasteiger partial charge in [-0.25, -0.2) is 4.98 Å². The van der Waals surface area contributed by atoms with E-state index in [0.717, 1.165) is 70.2 Å². The van der Waals surface area contributed by atoms with Gasteiger partial charge in [0.25, 0.3) is 0 Å². The molecule has 0 bridgehead atoms. The first-order valence-corrected chi connectivity index (χ1v) is 9.51. The Morgan fingerprint density at radius 1 is 1.42 bits per heavy atom. The Balaban J connectivity index is 0.00000338. The van der Waals surface area contributed by atoms with E-state index in [0.29, 0.717) is 11.1 Å². The molecule has 0 amide bonds. The minimum Gasteiger partial charge on any atom is -0.385 e. The Morgan fingerprint density at radius 2 is 2.27 bits per heavy atom. The fraction of sp³-hybridized carbons (Fsp3) is 0.667. The summed E-state index contributed by atoms with van der Waals surface area (Å²) in [7, 11) is 1.74. The number of aliphatic imine (C=N–C) groups is 1. The van der Waals surface area contributed by atoms with Crippen LogP contribution in [0, 0.1) is 0 Å². The average molecular weight is 496 g/mol. The van der Waals surface area contributed by atoms with Gasteiger partial charge < -0.3 is 20.3 Å².